The lowest BCUT2D eigenvalue weighted by Gasteiger charge is -2.41. The SMILES string of the molecule is C=C1CCC(O[Si](C)(C)C(C)(C)C)CC1=CCCl. The molecule has 1 nitrogen and oxygen atoms in total. The molecule has 1 aliphatic rings. The molecule has 0 N–H and O–H groups in total. The van der Waals surface area contributed by atoms with E-state index < -0.39 is 8.32 Å². The van der Waals surface area contributed by atoms with Gasteiger partial charge in [-0.3, -0.25) is 0 Å². The van der Waals surface area contributed by atoms with Crippen molar-refractivity contribution >= 4 is 19.9 Å². The quantitative estimate of drug-likeness (QED) is 0.506. The fraction of sp³-hybridized carbons (Fsp3) is 0.733. The van der Waals surface area contributed by atoms with E-state index >= 15 is 0 Å². The zero-order chi connectivity index (χ0) is 14.0. The maximum absolute atomic E-state index is 6.48. The van der Waals surface area contributed by atoms with E-state index in [0.29, 0.717) is 12.0 Å². The van der Waals surface area contributed by atoms with Gasteiger partial charge in [-0.2, -0.15) is 0 Å². The van der Waals surface area contributed by atoms with Gasteiger partial charge in [0.25, 0.3) is 0 Å². The summed E-state index contributed by atoms with van der Waals surface area (Å²) in [5.41, 5.74) is 2.55. The zero-order valence-corrected chi connectivity index (χ0v) is 14.2. The minimum absolute atomic E-state index is 0.276. The van der Waals surface area contributed by atoms with Crippen LogP contribution in [0.4, 0.5) is 0 Å². The van der Waals surface area contributed by atoms with Crippen LogP contribution in [0.15, 0.2) is 23.8 Å². The van der Waals surface area contributed by atoms with E-state index in [1.807, 2.05) is 0 Å². The molecule has 0 saturated heterocycles. The van der Waals surface area contributed by atoms with Crippen LogP contribution in [0.25, 0.3) is 0 Å². The van der Waals surface area contributed by atoms with Gasteiger partial charge < -0.3 is 4.43 Å². The molecule has 3 heteroatoms. The van der Waals surface area contributed by atoms with Gasteiger partial charge in [0.15, 0.2) is 8.32 Å². The van der Waals surface area contributed by atoms with Gasteiger partial charge in [-0.1, -0.05) is 39.0 Å². The number of hydrogen-bond acceptors (Lipinski definition) is 1. The molecule has 1 rings (SSSR count). The van der Waals surface area contributed by atoms with E-state index in [-0.39, 0.29) is 5.04 Å². The standard InChI is InChI=1S/C15H27ClOSi/c1-12-7-8-14(11-13(12)9-10-16)17-18(5,6)15(2,3)4/h9,14H,1,7-8,10-11H2,2-6H3. The lowest BCUT2D eigenvalue weighted by atomic mass is 9.89. The molecule has 0 aromatic heterocycles. The maximum atomic E-state index is 6.48. The van der Waals surface area contributed by atoms with Gasteiger partial charge >= 0.3 is 0 Å². The topological polar surface area (TPSA) is 9.23 Å². The molecule has 1 atom stereocenters. The van der Waals surface area contributed by atoms with Crippen LogP contribution in [0.3, 0.4) is 0 Å². The van der Waals surface area contributed by atoms with Crippen molar-refractivity contribution in [2.75, 3.05) is 5.88 Å². The van der Waals surface area contributed by atoms with Crippen LogP contribution in [-0.4, -0.2) is 20.3 Å². The second-order valence-corrected chi connectivity index (χ2v) is 11.8. The van der Waals surface area contributed by atoms with E-state index in [9.17, 15) is 0 Å². The molecule has 0 aliphatic heterocycles. The molecular weight excluding hydrogens is 260 g/mol. The maximum Gasteiger partial charge on any atom is 0.192 e. The van der Waals surface area contributed by atoms with Crippen molar-refractivity contribution in [3.63, 3.8) is 0 Å². The van der Waals surface area contributed by atoms with E-state index in [0.717, 1.165) is 19.3 Å². The molecule has 0 bridgehead atoms. The number of alkyl halides is 1. The Bertz CT molecular complexity index is 339. The third kappa shape index (κ3) is 3.97. The van der Waals surface area contributed by atoms with Gasteiger partial charge in [0.05, 0.1) is 0 Å². The van der Waals surface area contributed by atoms with Gasteiger partial charge in [-0.15, -0.1) is 11.6 Å². The van der Waals surface area contributed by atoms with E-state index in [1.54, 1.807) is 0 Å². The number of allylic oxidation sites excluding steroid dienone is 2. The van der Waals surface area contributed by atoms with Gasteiger partial charge in [-0.25, -0.2) is 0 Å². The van der Waals surface area contributed by atoms with Gasteiger partial charge in [-0.05, 0) is 43.0 Å². The van der Waals surface area contributed by atoms with E-state index in [1.165, 1.54) is 11.1 Å². The van der Waals surface area contributed by atoms with Crippen molar-refractivity contribution in [2.24, 2.45) is 0 Å². The summed E-state index contributed by atoms with van der Waals surface area (Å²) in [4.78, 5) is 0. The highest BCUT2D eigenvalue weighted by Crippen LogP contribution is 2.40. The Morgan fingerprint density at radius 2 is 2.06 bits per heavy atom. The van der Waals surface area contributed by atoms with Crippen LogP contribution < -0.4 is 0 Å². The average Bonchev–Trinajstić information content (AvgIpc) is 2.21. The Kier molecular flexibility index (Phi) is 5.28. The molecule has 0 aromatic rings. The summed E-state index contributed by atoms with van der Waals surface area (Å²) in [6.45, 7) is 15.6. The predicted molar refractivity (Wildman–Crippen MR) is 83.9 cm³/mol. The van der Waals surface area contributed by atoms with Crippen LogP contribution in [0.2, 0.25) is 18.1 Å². The summed E-state index contributed by atoms with van der Waals surface area (Å²) in [5, 5.41) is 0.276. The van der Waals surface area contributed by atoms with Crippen LogP contribution >= 0.6 is 11.6 Å². The molecular formula is C15H27ClOSi. The molecule has 0 radical (unpaired) electrons. The van der Waals surface area contributed by atoms with Crippen molar-refractivity contribution in [3.05, 3.63) is 23.8 Å². The molecule has 0 aromatic carbocycles. The summed E-state index contributed by atoms with van der Waals surface area (Å²) < 4.78 is 6.48. The van der Waals surface area contributed by atoms with Crippen LogP contribution in [0, 0.1) is 0 Å². The molecule has 1 unspecified atom stereocenters. The third-order valence-electron chi connectivity index (χ3n) is 4.26. The first-order chi connectivity index (χ1) is 8.17. The molecule has 0 amide bonds. The molecule has 1 saturated carbocycles. The monoisotopic (exact) mass is 286 g/mol. The van der Waals surface area contributed by atoms with E-state index in [4.69, 9.17) is 16.0 Å². The van der Waals surface area contributed by atoms with Gasteiger partial charge in [0.2, 0.25) is 0 Å². The van der Waals surface area contributed by atoms with Crippen molar-refractivity contribution in [2.45, 2.75) is 64.3 Å². The second kappa shape index (κ2) is 5.94. The second-order valence-electron chi connectivity index (χ2n) is 6.73. The smallest absolute Gasteiger partial charge is 0.192 e. The summed E-state index contributed by atoms with van der Waals surface area (Å²) in [6.07, 6.45) is 5.57. The van der Waals surface area contributed by atoms with Gasteiger partial charge in [0.1, 0.15) is 0 Å². The first-order valence-electron chi connectivity index (χ1n) is 6.78. The third-order valence-corrected chi connectivity index (χ3v) is 8.95. The minimum atomic E-state index is -1.66. The van der Waals surface area contributed by atoms with Crippen molar-refractivity contribution in [1.82, 2.24) is 0 Å². The Morgan fingerprint density at radius 1 is 1.44 bits per heavy atom. The normalized spacial score (nSPS) is 24.7. The lowest BCUT2D eigenvalue weighted by Crippen LogP contribution is -2.44. The predicted octanol–water partition coefficient (Wildman–Crippen LogP) is 5.28. The summed E-state index contributed by atoms with van der Waals surface area (Å²) >= 11 is 5.80. The Balaban J connectivity index is 2.70. The molecule has 0 heterocycles. The van der Waals surface area contributed by atoms with Crippen molar-refractivity contribution in [3.8, 4) is 0 Å². The highest BCUT2D eigenvalue weighted by atomic mass is 35.5. The van der Waals surface area contributed by atoms with Gasteiger partial charge in [0, 0.05) is 12.0 Å². The summed E-state index contributed by atoms with van der Waals surface area (Å²) in [7, 11) is -1.66. The molecule has 1 aliphatic carbocycles. The van der Waals surface area contributed by atoms with E-state index in [2.05, 4.69) is 46.5 Å². The van der Waals surface area contributed by atoms with Crippen molar-refractivity contribution < 1.29 is 4.43 Å². The summed E-state index contributed by atoms with van der Waals surface area (Å²) in [6, 6.07) is 0. The Hall–Kier alpha value is -0.0531. The Labute approximate surface area is 118 Å². The highest BCUT2D eigenvalue weighted by molar-refractivity contribution is 6.74. The van der Waals surface area contributed by atoms with Crippen LogP contribution in [-0.2, 0) is 4.43 Å². The molecule has 104 valence electrons. The minimum Gasteiger partial charge on any atom is -0.414 e. The fourth-order valence-corrected chi connectivity index (χ4v) is 3.58. The number of halogens is 1. The summed E-state index contributed by atoms with van der Waals surface area (Å²) in [5.74, 6) is 0.571. The first kappa shape index (κ1) is 16.0. The Morgan fingerprint density at radius 3 is 2.56 bits per heavy atom. The van der Waals surface area contributed by atoms with Crippen LogP contribution in [0.5, 0.6) is 0 Å². The number of rotatable bonds is 3. The van der Waals surface area contributed by atoms with Crippen LogP contribution in [0.1, 0.15) is 40.0 Å². The molecule has 0 spiro atoms. The number of hydrogen-bond donors (Lipinski definition) is 0. The lowest BCUT2D eigenvalue weighted by molar-refractivity contribution is 0.164. The zero-order valence-electron chi connectivity index (χ0n) is 12.5. The van der Waals surface area contributed by atoms with Crippen molar-refractivity contribution in [1.29, 1.82) is 0 Å². The average molecular weight is 287 g/mol. The first-order valence-corrected chi connectivity index (χ1v) is 10.2. The fourth-order valence-electron chi connectivity index (χ4n) is 2.00. The largest absolute Gasteiger partial charge is 0.414 e. The molecule has 1 fully saturated rings. The highest BCUT2D eigenvalue weighted by Gasteiger charge is 2.39. The molecule has 18 heavy (non-hydrogen) atoms.